The molecule has 1 aliphatic rings. The second-order valence-electron chi connectivity index (χ2n) is 5.87. The fraction of sp³-hybridized carbons (Fsp3) is 0.278. The highest BCUT2D eigenvalue weighted by Gasteiger charge is 2.29. The lowest BCUT2D eigenvalue weighted by molar-refractivity contribution is -0.122. The number of benzene rings is 2. The number of hydrogen-bond acceptors (Lipinski definition) is 3. The maximum absolute atomic E-state index is 12.3. The molecule has 0 radical (unpaired) electrons. The SMILES string of the molecule is O=C(O)c1cc2ccccc2cc1C(=O)NCCNC(=O)C1CC1. The van der Waals surface area contributed by atoms with Crippen LogP contribution in [0.2, 0.25) is 0 Å². The molecule has 2 amide bonds. The van der Waals surface area contributed by atoms with Crippen LogP contribution < -0.4 is 10.6 Å². The van der Waals surface area contributed by atoms with E-state index in [-0.39, 0.29) is 29.5 Å². The number of aromatic carboxylic acids is 1. The predicted octanol–water partition coefficient (Wildman–Crippen LogP) is 1.79. The number of nitrogens with one attached hydrogen (secondary N) is 2. The molecule has 2 aromatic rings. The number of carboxylic acids is 1. The third kappa shape index (κ3) is 3.53. The Balaban J connectivity index is 1.69. The Morgan fingerprint density at radius 2 is 1.54 bits per heavy atom. The number of carbonyl (C=O) groups excluding carboxylic acids is 2. The molecule has 1 fully saturated rings. The molecule has 0 bridgehead atoms. The van der Waals surface area contributed by atoms with Crippen LogP contribution in [0.5, 0.6) is 0 Å². The molecule has 0 heterocycles. The largest absolute Gasteiger partial charge is 0.478 e. The zero-order chi connectivity index (χ0) is 17.1. The Morgan fingerprint density at radius 1 is 0.958 bits per heavy atom. The molecule has 0 spiro atoms. The summed E-state index contributed by atoms with van der Waals surface area (Å²) in [6, 6.07) is 10.4. The minimum Gasteiger partial charge on any atom is -0.478 e. The molecule has 0 saturated heterocycles. The second-order valence-corrected chi connectivity index (χ2v) is 5.87. The van der Waals surface area contributed by atoms with Gasteiger partial charge in [-0.3, -0.25) is 9.59 Å². The van der Waals surface area contributed by atoms with E-state index < -0.39 is 11.9 Å². The lowest BCUT2D eigenvalue weighted by atomic mass is 10.0. The summed E-state index contributed by atoms with van der Waals surface area (Å²) in [4.78, 5) is 35.3. The van der Waals surface area contributed by atoms with Crippen LogP contribution in [-0.2, 0) is 4.79 Å². The van der Waals surface area contributed by atoms with Gasteiger partial charge in [-0.2, -0.15) is 0 Å². The van der Waals surface area contributed by atoms with Crippen molar-refractivity contribution in [3.8, 4) is 0 Å². The molecule has 3 rings (SSSR count). The van der Waals surface area contributed by atoms with Gasteiger partial charge in [-0.25, -0.2) is 4.79 Å². The van der Waals surface area contributed by atoms with Crippen LogP contribution in [0.1, 0.15) is 33.6 Å². The third-order valence-corrected chi connectivity index (χ3v) is 4.02. The van der Waals surface area contributed by atoms with Gasteiger partial charge in [0.2, 0.25) is 5.91 Å². The summed E-state index contributed by atoms with van der Waals surface area (Å²) in [7, 11) is 0. The summed E-state index contributed by atoms with van der Waals surface area (Å²) in [5.74, 6) is -1.47. The van der Waals surface area contributed by atoms with Crippen molar-refractivity contribution in [3.05, 3.63) is 47.5 Å². The normalized spacial score (nSPS) is 13.5. The van der Waals surface area contributed by atoms with Crippen molar-refractivity contribution in [2.75, 3.05) is 13.1 Å². The van der Waals surface area contributed by atoms with Crippen LogP contribution in [0.4, 0.5) is 0 Å². The molecular weight excluding hydrogens is 308 g/mol. The summed E-state index contributed by atoms with van der Waals surface area (Å²) >= 11 is 0. The van der Waals surface area contributed by atoms with Crippen LogP contribution in [-0.4, -0.2) is 36.0 Å². The van der Waals surface area contributed by atoms with Crippen molar-refractivity contribution in [1.82, 2.24) is 10.6 Å². The third-order valence-electron chi connectivity index (χ3n) is 4.02. The first kappa shape index (κ1) is 16.0. The van der Waals surface area contributed by atoms with Crippen molar-refractivity contribution < 1.29 is 19.5 Å². The highest BCUT2D eigenvalue weighted by atomic mass is 16.4. The first-order valence-corrected chi connectivity index (χ1v) is 7.88. The van der Waals surface area contributed by atoms with E-state index in [1.54, 1.807) is 12.1 Å². The summed E-state index contributed by atoms with van der Waals surface area (Å²) in [5, 5.41) is 16.3. The molecule has 3 N–H and O–H groups in total. The van der Waals surface area contributed by atoms with Gasteiger partial charge in [-0.05, 0) is 35.7 Å². The molecule has 6 nitrogen and oxygen atoms in total. The molecule has 0 aliphatic heterocycles. The lowest BCUT2D eigenvalue weighted by Crippen LogP contribution is -2.35. The van der Waals surface area contributed by atoms with Gasteiger partial charge in [0.05, 0.1) is 11.1 Å². The molecule has 0 aromatic heterocycles. The van der Waals surface area contributed by atoms with E-state index in [2.05, 4.69) is 10.6 Å². The lowest BCUT2D eigenvalue weighted by Gasteiger charge is -2.10. The number of amides is 2. The van der Waals surface area contributed by atoms with Gasteiger partial charge in [-0.1, -0.05) is 24.3 Å². The number of carbonyl (C=O) groups is 3. The Labute approximate surface area is 138 Å². The van der Waals surface area contributed by atoms with E-state index in [9.17, 15) is 19.5 Å². The summed E-state index contributed by atoms with van der Waals surface area (Å²) in [5.41, 5.74) is 0.0861. The van der Waals surface area contributed by atoms with E-state index in [0.29, 0.717) is 6.54 Å². The van der Waals surface area contributed by atoms with E-state index in [4.69, 9.17) is 0 Å². The maximum Gasteiger partial charge on any atom is 0.336 e. The van der Waals surface area contributed by atoms with Crippen molar-refractivity contribution >= 4 is 28.6 Å². The molecule has 0 unspecified atom stereocenters. The molecule has 1 aliphatic carbocycles. The first-order valence-electron chi connectivity index (χ1n) is 7.88. The van der Waals surface area contributed by atoms with Crippen LogP contribution in [0.25, 0.3) is 10.8 Å². The number of fused-ring (bicyclic) bond motifs is 1. The monoisotopic (exact) mass is 326 g/mol. The Hall–Kier alpha value is -2.89. The van der Waals surface area contributed by atoms with Gasteiger partial charge in [-0.15, -0.1) is 0 Å². The van der Waals surface area contributed by atoms with E-state index in [0.717, 1.165) is 23.6 Å². The van der Waals surface area contributed by atoms with Gasteiger partial charge in [0.1, 0.15) is 0 Å². The maximum atomic E-state index is 12.3. The van der Waals surface area contributed by atoms with Crippen molar-refractivity contribution in [3.63, 3.8) is 0 Å². The molecule has 0 atom stereocenters. The van der Waals surface area contributed by atoms with Crippen LogP contribution in [0, 0.1) is 5.92 Å². The number of carboxylic acid groups (broad SMARTS) is 1. The Morgan fingerprint density at radius 3 is 2.12 bits per heavy atom. The topological polar surface area (TPSA) is 95.5 Å². The van der Waals surface area contributed by atoms with Gasteiger partial charge in [0.25, 0.3) is 5.91 Å². The average molecular weight is 326 g/mol. The van der Waals surface area contributed by atoms with E-state index in [1.165, 1.54) is 6.07 Å². The van der Waals surface area contributed by atoms with E-state index in [1.807, 2.05) is 18.2 Å². The van der Waals surface area contributed by atoms with Crippen LogP contribution in [0.3, 0.4) is 0 Å². The van der Waals surface area contributed by atoms with Crippen molar-refractivity contribution in [1.29, 1.82) is 0 Å². The predicted molar refractivity (Wildman–Crippen MR) is 89.0 cm³/mol. The highest BCUT2D eigenvalue weighted by Crippen LogP contribution is 2.28. The molecule has 6 heteroatoms. The average Bonchev–Trinajstić information content (AvgIpc) is 3.42. The molecule has 2 aromatic carbocycles. The Kier molecular flexibility index (Phi) is 4.46. The van der Waals surface area contributed by atoms with Crippen LogP contribution in [0.15, 0.2) is 36.4 Å². The van der Waals surface area contributed by atoms with Gasteiger partial charge >= 0.3 is 5.97 Å². The second kappa shape index (κ2) is 6.70. The Bertz CT molecular complexity index is 812. The van der Waals surface area contributed by atoms with Crippen LogP contribution >= 0.6 is 0 Å². The van der Waals surface area contributed by atoms with Crippen molar-refractivity contribution in [2.24, 2.45) is 5.92 Å². The standard InChI is InChI=1S/C18H18N2O4/c21-16(11-5-6-11)19-7-8-20-17(22)14-9-12-3-1-2-4-13(12)10-15(14)18(23)24/h1-4,9-11H,5-8H2,(H,19,21)(H,20,22)(H,23,24). The fourth-order valence-electron chi connectivity index (χ4n) is 2.55. The van der Waals surface area contributed by atoms with Gasteiger partial charge in [0, 0.05) is 19.0 Å². The summed E-state index contributed by atoms with van der Waals surface area (Å²) in [6.07, 6.45) is 1.86. The zero-order valence-corrected chi connectivity index (χ0v) is 13.0. The number of hydrogen-bond donors (Lipinski definition) is 3. The minimum absolute atomic E-state index is 0.0150. The first-order chi connectivity index (χ1) is 11.6. The van der Waals surface area contributed by atoms with E-state index >= 15 is 0 Å². The minimum atomic E-state index is -1.15. The molecule has 24 heavy (non-hydrogen) atoms. The quantitative estimate of drug-likeness (QED) is 0.705. The van der Waals surface area contributed by atoms with Gasteiger partial charge in [0.15, 0.2) is 0 Å². The molecule has 124 valence electrons. The smallest absolute Gasteiger partial charge is 0.336 e. The summed E-state index contributed by atoms with van der Waals surface area (Å²) < 4.78 is 0. The number of rotatable bonds is 6. The summed E-state index contributed by atoms with van der Waals surface area (Å²) in [6.45, 7) is 0.584. The fourth-order valence-corrected chi connectivity index (χ4v) is 2.55. The highest BCUT2D eigenvalue weighted by molar-refractivity contribution is 6.08. The zero-order valence-electron chi connectivity index (χ0n) is 13.0. The van der Waals surface area contributed by atoms with Crippen molar-refractivity contribution in [2.45, 2.75) is 12.8 Å². The van der Waals surface area contributed by atoms with Gasteiger partial charge < -0.3 is 15.7 Å². The molecule has 1 saturated carbocycles. The molecular formula is C18H18N2O4.